The van der Waals surface area contributed by atoms with E-state index in [0.29, 0.717) is 22.1 Å². The second-order valence-electron chi connectivity index (χ2n) is 8.02. The number of carbonyl (C=O) groups excluding carboxylic acids is 1. The summed E-state index contributed by atoms with van der Waals surface area (Å²) in [6.45, 7) is 2.87. The molecule has 1 aliphatic heterocycles. The number of aryl methyl sites for hydroxylation is 1. The Balaban J connectivity index is 1.81. The van der Waals surface area contributed by atoms with E-state index in [1.807, 2.05) is 0 Å². The van der Waals surface area contributed by atoms with Crippen molar-refractivity contribution in [2.75, 3.05) is 19.0 Å². The highest BCUT2D eigenvalue weighted by Crippen LogP contribution is 2.33. The van der Waals surface area contributed by atoms with Crippen LogP contribution in [0.1, 0.15) is 28.7 Å². The van der Waals surface area contributed by atoms with E-state index in [4.69, 9.17) is 14.2 Å². The van der Waals surface area contributed by atoms with E-state index in [-0.39, 0.29) is 31.3 Å². The van der Waals surface area contributed by atoms with Crippen LogP contribution in [0.25, 0.3) is 5.69 Å². The van der Waals surface area contributed by atoms with Gasteiger partial charge in [-0.3, -0.25) is 9.36 Å². The van der Waals surface area contributed by atoms with Crippen LogP contribution in [0.4, 0.5) is 23.2 Å². The summed E-state index contributed by atoms with van der Waals surface area (Å²) in [6, 6.07) is 6.50. The Hall–Kier alpha value is -3.87. The van der Waals surface area contributed by atoms with Crippen molar-refractivity contribution in [1.29, 1.82) is 0 Å². The Bertz CT molecular complexity index is 1370. The van der Waals surface area contributed by atoms with Gasteiger partial charge < -0.3 is 19.5 Å². The SMILES string of the molecule is COc1cccc(C)c1NC(=O)c1cc(F)c(-n2nc3n(c2=O)CCOC3)cc1O[C@@H](C)C(F)(F)F. The average molecular weight is 510 g/mol. The lowest BCUT2D eigenvalue weighted by molar-refractivity contribution is -0.189. The minimum atomic E-state index is -4.77. The van der Waals surface area contributed by atoms with E-state index >= 15 is 4.39 Å². The number of alkyl halides is 3. The fourth-order valence-electron chi connectivity index (χ4n) is 3.63. The summed E-state index contributed by atoms with van der Waals surface area (Å²) in [5, 5.41) is 6.57. The van der Waals surface area contributed by atoms with Gasteiger partial charge in [-0.25, -0.2) is 9.18 Å². The van der Waals surface area contributed by atoms with Crippen molar-refractivity contribution < 1.29 is 36.6 Å². The largest absolute Gasteiger partial charge is 0.495 e. The number of nitrogens with one attached hydrogen (secondary N) is 1. The molecule has 2 heterocycles. The molecule has 0 unspecified atom stereocenters. The molecular formula is C23H22F4N4O5. The normalized spacial score (nSPS) is 14.2. The quantitative estimate of drug-likeness (QED) is 0.509. The monoisotopic (exact) mass is 510 g/mol. The van der Waals surface area contributed by atoms with Gasteiger partial charge in [0.15, 0.2) is 11.9 Å². The number of methoxy groups -OCH3 is 1. The molecule has 3 aromatic rings. The lowest BCUT2D eigenvalue weighted by Gasteiger charge is -2.21. The van der Waals surface area contributed by atoms with Crippen LogP contribution in [0, 0.1) is 12.7 Å². The Kier molecular flexibility index (Phi) is 6.76. The molecule has 9 nitrogen and oxygen atoms in total. The van der Waals surface area contributed by atoms with Crippen LogP contribution in [0.5, 0.6) is 11.5 Å². The van der Waals surface area contributed by atoms with Crippen molar-refractivity contribution in [3.05, 3.63) is 63.6 Å². The summed E-state index contributed by atoms with van der Waals surface area (Å²) in [5.74, 6) is -2.07. The van der Waals surface area contributed by atoms with Crippen molar-refractivity contribution in [3.63, 3.8) is 0 Å². The summed E-state index contributed by atoms with van der Waals surface area (Å²) in [5.41, 5.74) is -0.844. The molecule has 0 fully saturated rings. The minimum Gasteiger partial charge on any atom is -0.495 e. The molecule has 1 aliphatic rings. The highest BCUT2D eigenvalue weighted by Gasteiger charge is 2.39. The van der Waals surface area contributed by atoms with E-state index in [1.165, 1.54) is 11.7 Å². The maximum atomic E-state index is 15.2. The molecular weight excluding hydrogens is 488 g/mol. The number of ether oxygens (including phenoxy) is 3. The number of halogens is 4. The maximum Gasteiger partial charge on any atom is 0.425 e. The number of hydrogen-bond donors (Lipinski definition) is 1. The highest BCUT2D eigenvalue weighted by atomic mass is 19.4. The third kappa shape index (κ3) is 4.78. The van der Waals surface area contributed by atoms with Crippen molar-refractivity contribution in [2.24, 2.45) is 0 Å². The third-order valence-electron chi connectivity index (χ3n) is 5.61. The van der Waals surface area contributed by atoms with Gasteiger partial charge in [-0.05, 0) is 31.5 Å². The summed E-state index contributed by atoms with van der Waals surface area (Å²) in [4.78, 5) is 25.9. The number of nitrogens with zero attached hydrogens (tertiary/aromatic N) is 3. The summed E-state index contributed by atoms with van der Waals surface area (Å²) >= 11 is 0. The van der Waals surface area contributed by atoms with Gasteiger partial charge in [-0.2, -0.15) is 17.9 Å². The lowest BCUT2D eigenvalue weighted by Crippen LogP contribution is -2.32. The van der Waals surface area contributed by atoms with Crippen LogP contribution in [-0.4, -0.2) is 46.3 Å². The zero-order chi connectivity index (χ0) is 26.2. The Morgan fingerprint density at radius 2 is 2.00 bits per heavy atom. The molecule has 1 atom stereocenters. The standard InChI is InChI=1S/C23H22F4N4O5/c1-12-5-4-6-17(34-3)20(12)28-21(32)14-9-15(24)16(10-18(14)36-13(2)23(25,26)27)31-22(33)30-7-8-35-11-19(30)29-31/h4-6,9-10,13H,7-8,11H2,1-3H3,(H,28,32)/t13-/m0/s1. The van der Waals surface area contributed by atoms with E-state index in [1.54, 1.807) is 25.1 Å². The first kappa shape index (κ1) is 25.2. The van der Waals surface area contributed by atoms with Gasteiger partial charge in [0, 0.05) is 6.07 Å². The van der Waals surface area contributed by atoms with Gasteiger partial charge in [0.1, 0.15) is 29.6 Å². The van der Waals surface area contributed by atoms with Gasteiger partial charge in [-0.15, -0.1) is 5.10 Å². The van der Waals surface area contributed by atoms with Crippen molar-refractivity contribution in [3.8, 4) is 17.2 Å². The third-order valence-corrected chi connectivity index (χ3v) is 5.61. The van der Waals surface area contributed by atoms with E-state index in [0.717, 1.165) is 13.0 Å². The summed E-state index contributed by atoms with van der Waals surface area (Å²) < 4.78 is 72.6. The first-order valence-corrected chi connectivity index (χ1v) is 10.8. The molecule has 1 amide bonds. The summed E-state index contributed by atoms with van der Waals surface area (Å²) in [6.07, 6.45) is -7.11. The van der Waals surface area contributed by atoms with E-state index in [9.17, 15) is 22.8 Å². The lowest BCUT2D eigenvalue weighted by atomic mass is 10.1. The molecule has 1 N–H and O–H groups in total. The Morgan fingerprint density at radius 1 is 1.25 bits per heavy atom. The zero-order valence-electron chi connectivity index (χ0n) is 19.5. The van der Waals surface area contributed by atoms with E-state index in [2.05, 4.69) is 10.4 Å². The highest BCUT2D eigenvalue weighted by molar-refractivity contribution is 6.07. The van der Waals surface area contributed by atoms with Crippen LogP contribution >= 0.6 is 0 Å². The predicted molar refractivity (Wildman–Crippen MR) is 119 cm³/mol. The number of para-hydroxylation sites is 1. The van der Waals surface area contributed by atoms with Crippen molar-refractivity contribution in [2.45, 2.75) is 39.3 Å². The predicted octanol–water partition coefficient (Wildman–Crippen LogP) is 3.60. The molecule has 0 radical (unpaired) electrons. The Morgan fingerprint density at radius 3 is 2.67 bits per heavy atom. The van der Waals surface area contributed by atoms with Crippen molar-refractivity contribution in [1.82, 2.24) is 14.3 Å². The maximum absolute atomic E-state index is 15.2. The van der Waals surface area contributed by atoms with Gasteiger partial charge in [0.2, 0.25) is 0 Å². The van der Waals surface area contributed by atoms with Gasteiger partial charge >= 0.3 is 11.9 Å². The molecule has 13 heteroatoms. The molecule has 1 aromatic heterocycles. The molecule has 0 bridgehead atoms. The molecule has 0 spiro atoms. The van der Waals surface area contributed by atoms with Crippen LogP contribution in [-0.2, 0) is 17.9 Å². The number of benzene rings is 2. The number of anilines is 1. The van der Waals surface area contributed by atoms with Gasteiger partial charge in [-0.1, -0.05) is 12.1 Å². The van der Waals surface area contributed by atoms with Gasteiger partial charge in [0.25, 0.3) is 5.91 Å². The van der Waals surface area contributed by atoms with Crippen LogP contribution in [0.3, 0.4) is 0 Å². The van der Waals surface area contributed by atoms with Crippen molar-refractivity contribution >= 4 is 11.6 Å². The second kappa shape index (κ2) is 9.64. The number of fused-ring (bicyclic) bond motifs is 1. The first-order chi connectivity index (χ1) is 17.0. The number of aromatic nitrogens is 3. The molecule has 4 rings (SSSR count). The average Bonchev–Trinajstić information content (AvgIpc) is 3.16. The minimum absolute atomic E-state index is 0.0110. The van der Waals surface area contributed by atoms with E-state index < -0.39 is 46.7 Å². The second-order valence-corrected chi connectivity index (χ2v) is 8.02. The zero-order valence-corrected chi connectivity index (χ0v) is 19.5. The fraction of sp³-hybridized carbons (Fsp3) is 0.348. The molecule has 0 saturated carbocycles. The fourth-order valence-corrected chi connectivity index (χ4v) is 3.63. The molecule has 0 aliphatic carbocycles. The molecule has 0 saturated heterocycles. The number of rotatable bonds is 6. The number of amides is 1. The first-order valence-electron chi connectivity index (χ1n) is 10.8. The van der Waals surface area contributed by atoms with Crippen LogP contribution in [0.15, 0.2) is 35.1 Å². The number of carbonyl (C=O) groups is 1. The molecule has 36 heavy (non-hydrogen) atoms. The van der Waals surface area contributed by atoms with Crippen LogP contribution < -0.4 is 20.5 Å². The molecule has 2 aromatic carbocycles. The smallest absolute Gasteiger partial charge is 0.425 e. The van der Waals surface area contributed by atoms with Gasteiger partial charge in [0.05, 0.1) is 31.5 Å². The molecule has 192 valence electrons. The topological polar surface area (TPSA) is 96.6 Å². The number of hydrogen-bond acceptors (Lipinski definition) is 6. The Labute approximate surface area is 202 Å². The van der Waals surface area contributed by atoms with Crippen LogP contribution in [0.2, 0.25) is 0 Å². The summed E-state index contributed by atoms with van der Waals surface area (Å²) in [7, 11) is 1.38.